The molecule has 1 aromatic rings. The number of carbonyl (C=O) groups is 1. The minimum Gasteiger partial charge on any atom is -0.397 e. The van der Waals surface area contributed by atoms with Crippen molar-refractivity contribution < 1.29 is 9.90 Å². The van der Waals surface area contributed by atoms with Gasteiger partial charge in [-0.2, -0.15) is 0 Å². The maximum absolute atomic E-state index is 12.3. The number of nitrogen functional groups attached to an aromatic ring is 1. The number of aliphatic hydroxyl groups excluding tert-OH is 1. The van der Waals surface area contributed by atoms with Gasteiger partial charge in [-0.05, 0) is 43.6 Å². The predicted octanol–water partition coefficient (Wildman–Crippen LogP) is 1.54. The van der Waals surface area contributed by atoms with Crippen LogP contribution >= 0.6 is 0 Å². The summed E-state index contributed by atoms with van der Waals surface area (Å²) in [5.74, 6) is 0.707. The van der Waals surface area contributed by atoms with Crippen LogP contribution in [0, 0.1) is 11.8 Å². The number of nitrogens with two attached hydrogens (primary N) is 1. The first-order valence-corrected chi connectivity index (χ1v) is 7.55. The van der Waals surface area contributed by atoms with Crippen LogP contribution in [-0.2, 0) is 0 Å². The Morgan fingerprint density at radius 2 is 2.10 bits per heavy atom. The summed E-state index contributed by atoms with van der Waals surface area (Å²) in [4.78, 5) is 12.3. The van der Waals surface area contributed by atoms with Crippen molar-refractivity contribution in [2.45, 2.75) is 38.1 Å². The summed E-state index contributed by atoms with van der Waals surface area (Å²) in [7, 11) is 0. The van der Waals surface area contributed by atoms with Crippen molar-refractivity contribution in [2.75, 3.05) is 18.9 Å². The third kappa shape index (κ3) is 2.68. The molecule has 0 aliphatic heterocycles. The lowest BCUT2D eigenvalue weighted by Gasteiger charge is -2.18. The fourth-order valence-corrected chi connectivity index (χ4v) is 3.27. The van der Waals surface area contributed by atoms with E-state index in [2.05, 4.69) is 5.32 Å². The topological polar surface area (TPSA) is 80.3 Å². The quantitative estimate of drug-likeness (QED) is 0.763. The summed E-state index contributed by atoms with van der Waals surface area (Å²) in [5, 5.41) is 12.3. The fourth-order valence-electron chi connectivity index (χ4n) is 3.27. The Morgan fingerprint density at radius 1 is 1.35 bits per heavy atom. The van der Waals surface area contributed by atoms with Crippen molar-refractivity contribution in [2.24, 2.45) is 11.8 Å². The van der Waals surface area contributed by atoms with Gasteiger partial charge in [0.15, 0.2) is 0 Å². The Labute approximate surface area is 119 Å². The number of hydrogen-bond acceptors (Lipinski definition) is 3. The van der Waals surface area contributed by atoms with Gasteiger partial charge in [0.1, 0.15) is 5.69 Å². The molecule has 2 fully saturated rings. The molecule has 5 nitrogen and oxygen atoms in total. The lowest BCUT2D eigenvalue weighted by atomic mass is 9.97. The van der Waals surface area contributed by atoms with Crippen molar-refractivity contribution in [1.82, 2.24) is 9.88 Å². The monoisotopic (exact) mass is 277 g/mol. The zero-order valence-corrected chi connectivity index (χ0v) is 11.7. The summed E-state index contributed by atoms with van der Waals surface area (Å²) in [6.45, 7) is 0.881. The van der Waals surface area contributed by atoms with E-state index in [1.165, 1.54) is 0 Å². The molecule has 2 aliphatic carbocycles. The molecule has 20 heavy (non-hydrogen) atoms. The van der Waals surface area contributed by atoms with E-state index in [1.54, 1.807) is 6.07 Å². The van der Waals surface area contributed by atoms with Gasteiger partial charge in [-0.3, -0.25) is 4.79 Å². The van der Waals surface area contributed by atoms with E-state index in [-0.39, 0.29) is 12.5 Å². The van der Waals surface area contributed by atoms with Gasteiger partial charge < -0.3 is 20.7 Å². The second kappa shape index (κ2) is 5.48. The first-order chi connectivity index (χ1) is 9.69. The number of anilines is 1. The highest BCUT2D eigenvalue weighted by Crippen LogP contribution is 2.37. The summed E-state index contributed by atoms with van der Waals surface area (Å²) < 4.78 is 2.00. The first-order valence-electron chi connectivity index (χ1n) is 7.55. The fraction of sp³-hybridized carbons (Fsp3) is 0.667. The molecule has 0 radical (unpaired) electrons. The molecule has 1 amide bonds. The van der Waals surface area contributed by atoms with Crippen molar-refractivity contribution in [3.63, 3.8) is 0 Å². The van der Waals surface area contributed by atoms with Crippen molar-refractivity contribution in [3.05, 3.63) is 18.0 Å². The number of carbonyl (C=O) groups excluding carboxylic acids is 1. The average Bonchev–Trinajstić information content (AvgIpc) is 3.06. The number of aliphatic hydroxyl groups is 1. The van der Waals surface area contributed by atoms with Gasteiger partial charge >= 0.3 is 0 Å². The van der Waals surface area contributed by atoms with Crippen LogP contribution in [-0.4, -0.2) is 28.7 Å². The van der Waals surface area contributed by atoms with Gasteiger partial charge in [-0.25, -0.2) is 0 Å². The average molecular weight is 277 g/mol. The second-order valence-electron chi connectivity index (χ2n) is 6.14. The molecule has 2 saturated carbocycles. The van der Waals surface area contributed by atoms with Crippen LogP contribution in [0.2, 0.25) is 0 Å². The number of amides is 1. The highest BCUT2D eigenvalue weighted by Gasteiger charge is 2.29. The largest absolute Gasteiger partial charge is 0.397 e. The molecular formula is C15H23N3O2. The van der Waals surface area contributed by atoms with Gasteiger partial charge in [-0.15, -0.1) is 0 Å². The van der Waals surface area contributed by atoms with E-state index >= 15 is 0 Å². The Balaban J connectivity index is 1.61. The molecule has 1 heterocycles. The normalized spacial score (nSPS) is 25.9. The third-order valence-electron chi connectivity index (χ3n) is 4.62. The highest BCUT2D eigenvalue weighted by molar-refractivity contribution is 5.93. The molecule has 110 valence electrons. The Hall–Kier alpha value is -1.49. The zero-order chi connectivity index (χ0) is 14.1. The molecule has 0 aromatic carbocycles. The van der Waals surface area contributed by atoms with Crippen LogP contribution in [0.1, 0.15) is 48.6 Å². The molecule has 5 heteroatoms. The number of nitrogens with zero attached hydrogens (tertiary/aromatic N) is 1. The number of nitrogens with one attached hydrogen (secondary N) is 1. The summed E-state index contributed by atoms with van der Waals surface area (Å²) in [6, 6.07) is 2.20. The van der Waals surface area contributed by atoms with Gasteiger partial charge in [0.25, 0.3) is 5.91 Å². The molecule has 3 rings (SSSR count). The maximum atomic E-state index is 12.3. The molecule has 2 unspecified atom stereocenters. The zero-order valence-electron chi connectivity index (χ0n) is 11.7. The van der Waals surface area contributed by atoms with Gasteiger partial charge in [0.2, 0.25) is 0 Å². The van der Waals surface area contributed by atoms with Crippen LogP contribution in [0.3, 0.4) is 0 Å². The Morgan fingerprint density at radius 3 is 2.80 bits per heavy atom. The maximum Gasteiger partial charge on any atom is 0.268 e. The Bertz CT molecular complexity index is 493. The van der Waals surface area contributed by atoms with Crippen LogP contribution in [0.25, 0.3) is 0 Å². The second-order valence-corrected chi connectivity index (χ2v) is 6.14. The van der Waals surface area contributed by atoms with Crippen molar-refractivity contribution >= 4 is 11.6 Å². The summed E-state index contributed by atoms with van der Waals surface area (Å²) in [5.41, 5.74) is 7.13. The van der Waals surface area contributed by atoms with Crippen LogP contribution in [0.5, 0.6) is 0 Å². The molecule has 0 spiro atoms. The lowest BCUT2D eigenvalue weighted by Crippen LogP contribution is -2.32. The third-order valence-corrected chi connectivity index (χ3v) is 4.62. The minimum atomic E-state index is -0.0443. The van der Waals surface area contributed by atoms with Crippen molar-refractivity contribution in [3.8, 4) is 0 Å². The molecule has 2 atom stereocenters. The van der Waals surface area contributed by atoms with E-state index < -0.39 is 0 Å². The van der Waals surface area contributed by atoms with Gasteiger partial charge in [-0.1, -0.05) is 6.42 Å². The van der Waals surface area contributed by atoms with E-state index in [0.717, 1.165) is 32.1 Å². The predicted molar refractivity (Wildman–Crippen MR) is 77.4 cm³/mol. The summed E-state index contributed by atoms with van der Waals surface area (Å²) in [6.07, 6.45) is 7.43. The van der Waals surface area contributed by atoms with Gasteiger partial charge in [0.05, 0.1) is 5.69 Å². The molecule has 4 N–H and O–H groups in total. The van der Waals surface area contributed by atoms with E-state index in [0.29, 0.717) is 35.8 Å². The molecule has 0 bridgehead atoms. The highest BCUT2D eigenvalue weighted by atomic mass is 16.3. The molecule has 2 aliphatic rings. The smallest absolute Gasteiger partial charge is 0.268 e. The van der Waals surface area contributed by atoms with Crippen LogP contribution in [0.4, 0.5) is 5.69 Å². The SMILES string of the molecule is Nc1cc(C(=O)NCC2CCCC2CO)n(C2CC2)c1. The number of aromatic nitrogens is 1. The van der Waals surface area contributed by atoms with E-state index in [4.69, 9.17) is 5.73 Å². The van der Waals surface area contributed by atoms with Crippen molar-refractivity contribution in [1.29, 1.82) is 0 Å². The van der Waals surface area contributed by atoms with Crippen LogP contribution in [0.15, 0.2) is 12.3 Å². The summed E-state index contributed by atoms with van der Waals surface area (Å²) >= 11 is 0. The molecule has 1 aromatic heterocycles. The molecule has 0 saturated heterocycles. The van der Waals surface area contributed by atoms with E-state index in [9.17, 15) is 9.90 Å². The standard InChI is InChI=1S/C15H23N3O2/c16-12-6-14(18(8-12)13-4-5-13)15(20)17-7-10-2-1-3-11(10)9-19/h6,8,10-11,13,19H,1-5,7,9,16H2,(H,17,20). The minimum absolute atomic E-state index is 0.0443. The molecular weight excluding hydrogens is 254 g/mol. The number of rotatable bonds is 5. The van der Waals surface area contributed by atoms with E-state index in [1.807, 2.05) is 10.8 Å². The first kappa shape index (κ1) is 13.5. The number of hydrogen-bond donors (Lipinski definition) is 3. The lowest BCUT2D eigenvalue weighted by molar-refractivity contribution is 0.0928. The van der Waals surface area contributed by atoms with Gasteiger partial charge in [0, 0.05) is 25.4 Å². The Kier molecular flexibility index (Phi) is 3.70. The van der Waals surface area contributed by atoms with Crippen LogP contribution < -0.4 is 11.1 Å².